The lowest BCUT2D eigenvalue weighted by molar-refractivity contribution is -0.140. The Hall–Kier alpha value is -1.78. The van der Waals surface area contributed by atoms with E-state index in [0.29, 0.717) is 17.9 Å². The summed E-state index contributed by atoms with van der Waals surface area (Å²) in [5.41, 5.74) is 1.75. The molecule has 2 aliphatic carbocycles. The van der Waals surface area contributed by atoms with E-state index < -0.39 is 6.16 Å². The molecule has 5 nitrogen and oxygen atoms in total. The van der Waals surface area contributed by atoms with Crippen LogP contribution in [-0.2, 0) is 19.0 Å². The van der Waals surface area contributed by atoms with Crippen molar-refractivity contribution in [1.29, 1.82) is 0 Å². The lowest BCUT2D eigenvalue weighted by atomic mass is 9.82. The highest BCUT2D eigenvalue weighted by atomic mass is 16.7. The van der Waals surface area contributed by atoms with Gasteiger partial charge >= 0.3 is 12.1 Å². The molecule has 0 bridgehead atoms. The number of carbonyl (C=O) groups excluding carboxylic acids is 2. The van der Waals surface area contributed by atoms with Gasteiger partial charge in [-0.2, -0.15) is 0 Å². The molecule has 2 aliphatic heterocycles. The van der Waals surface area contributed by atoms with Crippen LogP contribution in [0.4, 0.5) is 4.79 Å². The summed E-state index contributed by atoms with van der Waals surface area (Å²) in [6.45, 7) is 6.46. The van der Waals surface area contributed by atoms with Crippen molar-refractivity contribution in [3.8, 4) is 0 Å². The highest BCUT2D eigenvalue weighted by Gasteiger charge is 2.59. The first-order chi connectivity index (χ1) is 10.5. The predicted octanol–water partition coefficient (Wildman–Crippen LogP) is 2.76. The molecule has 0 aromatic carbocycles. The van der Waals surface area contributed by atoms with E-state index in [1.807, 2.05) is 0 Å². The number of allylic oxidation sites excluding steroid dienone is 1. The molecule has 118 valence electrons. The van der Waals surface area contributed by atoms with Crippen LogP contribution < -0.4 is 0 Å². The second kappa shape index (κ2) is 4.61. The van der Waals surface area contributed by atoms with Gasteiger partial charge in [0.05, 0.1) is 0 Å². The third kappa shape index (κ3) is 2.06. The van der Waals surface area contributed by atoms with Gasteiger partial charge in [-0.05, 0) is 31.1 Å². The van der Waals surface area contributed by atoms with Crippen LogP contribution in [0.2, 0.25) is 0 Å². The Labute approximate surface area is 129 Å². The number of ether oxygens (including phenoxy) is 3. The predicted molar refractivity (Wildman–Crippen MR) is 76.9 cm³/mol. The van der Waals surface area contributed by atoms with Crippen molar-refractivity contribution in [2.75, 3.05) is 6.61 Å². The van der Waals surface area contributed by atoms with E-state index >= 15 is 0 Å². The van der Waals surface area contributed by atoms with Crippen molar-refractivity contribution in [3.63, 3.8) is 0 Å². The summed E-state index contributed by atoms with van der Waals surface area (Å²) in [4.78, 5) is 23.4. The van der Waals surface area contributed by atoms with Gasteiger partial charge in [-0.25, -0.2) is 9.59 Å². The summed E-state index contributed by atoms with van der Waals surface area (Å²) in [6, 6.07) is 0. The summed E-state index contributed by atoms with van der Waals surface area (Å²) in [5, 5.41) is 0. The minimum Gasteiger partial charge on any atom is -0.458 e. The fraction of sp³-hybridized carbons (Fsp3) is 0.647. The Bertz CT molecular complexity index is 592. The molecule has 5 atom stereocenters. The zero-order valence-electron chi connectivity index (χ0n) is 12.7. The summed E-state index contributed by atoms with van der Waals surface area (Å²) in [5.74, 6) is 0.0235. The average molecular weight is 304 g/mol. The van der Waals surface area contributed by atoms with Gasteiger partial charge in [0.2, 0.25) is 0 Å². The number of hydrogen-bond acceptors (Lipinski definition) is 5. The Morgan fingerprint density at radius 2 is 2.14 bits per heavy atom. The van der Waals surface area contributed by atoms with Gasteiger partial charge in [0.25, 0.3) is 0 Å². The van der Waals surface area contributed by atoms with E-state index in [1.165, 1.54) is 0 Å². The average Bonchev–Trinajstić information content (AvgIpc) is 3.07. The molecule has 0 spiro atoms. The van der Waals surface area contributed by atoms with Gasteiger partial charge in [-0.3, -0.25) is 0 Å². The first-order valence-electron chi connectivity index (χ1n) is 7.90. The molecule has 4 aliphatic rings. The molecule has 5 heteroatoms. The monoisotopic (exact) mass is 304 g/mol. The largest absolute Gasteiger partial charge is 0.509 e. The standard InChI is InChI=1S/C17H20O5/c1-9-11-6-13-10(8-20-16(19)21-13)4-3-5-17(2)7-12(17)14(11)22-15(9)18/h4,11-14H,1,3,5-8H2,2H3/t11-,12+,13-,14-,17-/m0/s1. The number of esters is 1. The maximum atomic E-state index is 12.0. The van der Waals surface area contributed by atoms with Crippen molar-refractivity contribution in [2.24, 2.45) is 17.3 Å². The fourth-order valence-corrected chi connectivity index (χ4v) is 4.18. The topological polar surface area (TPSA) is 61.8 Å². The van der Waals surface area contributed by atoms with Crippen molar-refractivity contribution in [2.45, 2.75) is 44.8 Å². The van der Waals surface area contributed by atoms with Crippen LogP contribution >= 0.6 is 0 Å². The van der Waals surface area contributed by atoms with Gasteiger partial charge in [0.15, 0.2) is 0 Å². The molecule has 2 saturated heterocycles. The molecular weight excluding hydrogens is 284 g/mol. The van der Waals surface area contributed by atoms with Crippen LogP contribution in [0.1, 0.15) is 32.6 Å². The van der Waals surface area contributed by atoms with Gasteiger partial charge in [-0.1, -0.05) is 19.6 Å². The minimum absolute atomic E-state index is 0.0725. The Morgan fingerprint density at radius 3 is 2.95 bits per heavy atom. The second-order valence-corrected chi connectivity index (χ2v) is 7.16. The normalized spacial score (nSPS) is 43.7. The summed E-state index contributed by atoms with van der Waals surface area (Å²) >= 11 is 0. The smallest absolute Gasteiger partial charge is 0.458 e. The molecule has 0 radical (unpaired) electrons. The lowest BCUT2D eigenvalue weighted by Crippen LogP contribution is -2.35. The number of fused-ring (bicyclic) bond motifs is 4. The van der Waals surface area contributed by atoms with Crippen molar-refractivity contribution >= 4 is 12.1 Å². The van der Waals surface area contributed by atoms with Gasteiger partial charge in [-0.15, -0.1) is 0 Å². The molecule has 3 fully saturated rings. The third-order valence-corrected chi connectivity index (χ3v) is 5.77. The number of cyclic esters (lactones) is 1. The molecule has 2 heterocycles. The maximum Gasteiger partial charge on any atom is 0.509 e. The third-order valence-electron chi connectivity index (χ3n) is 5.77. The lowest BCUT2D eigenvalue weighted by Gasteiger charge is -2.30. The number of carbonyl (C=O) groups is 2. The molecule has 4 rings (SSSR count). The van der Waals surface area contributed by atoms with E-state index in [9.17, 15) is 9.59 Å². The molecule has 0 aromatic rings. The Morgan fingerprint density at radius 1 is 1.32 bits per heavy atom. The molecule has 0 amide bonds. The highest BCUT2D eigenvalue weighted by Crippen LogP contribution is 2.61. The van der Waals surface area contributed by atoms with Crippen LogP contribution in [0.5, 0.6) is 0 Å². The van der Waals surface area contributed by atoms with Crippen molar-refractivity contribution < 1.29 is 23.8 Å². The van der Waals surface area contributed by atoms with E-state index in [-0.39, 0.29) is 36.1 Å². The Balaban J connectivity index is 1.67. The zero-order chi connectivity index (χ0) is 15.5. The van der Waals surface area contributed by atoms with Gasteiger partial charge in [0, 0.05) is 23.0 Å². The second-order valence-electron chi connectivity index (χ2n) is 7.16. The van der Waals surface area contributed by atoms with Crippen LogP contribution in [-0.4, -0.2) is 30.9 Å². The molecular formula is C17H20O5. The first-order valence-corrected chi connectivity index (χ1v) is 7.90. The molecule has 0 aromatic heterocycles. The Kier molecular flexibility index (Phi) is 2.90. The number of hydrogen-bond donors (Lipinski definition) is 0. The van der Waals surface area contributed by atoms with E-state index in [1.54, 1.807) is 0 Å². The maximum absolute atomic E-state index is 12.0. The minimum atomic E-state index is -0.636. The van der Waals surface area contributed by atoms with Gasteiger partial charge in [0.1, 0.15) is 18.8 Å². The fourth-order valence-electron chi connectivity index (χ4n) is 4.18. The molecule has 0 unspecified atom stereocenters. The van der Waals surface area contributed by atoms with E-state index in [0.717, 1.165) is 24.8 Å². The quantitative estimate of drug-likeness (QED) is 0.391. The van der Waals surface area contributed by atoms with Crippen LogP contribution in [0.3, 0.4) is 0 Å². The summed E-state index contributed by atoms with van der Waals surface area (Å²) in [6.07, 6.45) is 4.68. The van der Waals surface area contributed by atoms with Crippen molar-refractivity contribution in [1.82, 2.24) is 0 Å². The SMILES string of the molecule is C=C1C(=O)O[C@@H]2[C@H]3C[C@]3(C)CCC=C3COC(=O)O[C@H]3C[C@@H]12. The molecule has 22 heavy (non-hydrogen) atoms. The van der Waals surface area contributed by atoms with E-state index in [4.69, 9.17) is 14.2 Å². The van der Waals surface area contributed by atoms with Crippen LogP contribution in [0.25, 0.3) is 0 Å². The zero-order valence-corrected chi connectivity index (χ0v) is 12.7. The summed E-state index contributed by atoms with van der Waals surface area (Å²) in [7, 11) is 0. The highest BCUT2D eigenvalue weighted by molar-refractivity contribution is 5.91. The van der Waals surface area contributed by atoms with Crippen LogP contribution in [0.15, 0.2) is 23.8 Å². The van der Waals surface area contributed by atoms with Crippen LogP contribution in [0, 0.1) is 17.3 Å². The van der Waals surface area contributed by atoms with E-state index in [2.05, 4.69) is 19.6 Å². The number of rotatable bonds is 0. The summed E-state index contributed by atoms with van der Waals surface area (Å²) < 4.78 is 15.9. The molecule has 1 saturated carbocycles. The van der Waals surface area contributed by atoms with Gasteiger partial charge < -0.3 is 14.2 Å². The molecule has 0 N–H and O–H groups in total. The first kappa shape index (κ1) is 13.9. The van der Waals surface area contributed by atoms with Crippen molar-refractivity contribution in [3.05, 3.63) is 23.8 Å².